The molecule has 4 rings (SSSR count). The zero-order chi connectivity index (χ0) is 27.2. The Bertz CT molecular complexity index is 993. The van der Waals surface area contributed by atoms with E-state index < -0.39 is 5.97 Å². The van der Waals surface area contributed by atoms with Gasteiger partial charge in [-0.1, -0.05) is 44.5 Å². The zero-order valence-corrected chi connectivity index (χ0v) is 23.1. The van der Waals surface area contributed by atoms with Gasteiger partial charge in [0.05, 0.1) is 13.0 Å². The molecule has 0 spiro atoms. The minimum Gasteiger partial charge on any atom is -0.481 e. The Kier molecular flexibility index (Phi) is 10.1. The second-order valence-electron chi connectivity index (χ2n) is 11.2. The van der Waals surface area contributed by atoms with Gasteiger partial charge in [0.1, 0.15) is 17.8 Å². The second kappa shape index (κ2) is 12.8. The van der Waals surface area contributed by atoms with Crippen molar-refractivity contribution >= 4 is 35.0 Å². The van der Waals surface area contributed by atoms with Crippen LogP contribution in [0.5, 0.6) is 0 Å². The van der Waals surface area contributed by atoms with E-state index >= 15 is 0 Å². The fraction of sp³-hybridized carbons (Fsp3) is 0.630. The topological polar surface area (TPSA) is 121 Å². The van der Waals surface area contributed by atoms with Crippen LogP contribution in [-0.4, -0.2) is 82.8 Å². The Morgan fingerprint density at radius 3 is 2.32 bits per heavy atom. The Morgan fingerprint density at radius 1 is 1.16 bits per heavy atom. The molecule has 0 aromatic heterocycles. The van der Waals surface area contributed by atoms with Crippen LogP contribution in [0.1, 0.15) is 58.9 Å². The maximum Gasteiger partial charge on any atom is 0.300 e. The second-order valence-corrected chi connectivity index (χ2v) is 11.7. The Hall–Kier alpha value is -2.49. The third kappa shape index (κ3) is 9.09. The van der Waals surface area contributed by atoms with Gasteiger partial charge in [0.15, 0.2) is 5.78 Å². The van der Waals surface area contributed by atoms with Crippen molar-refractivity contribution in [3.8, 4) is 0 Å². The highest BCUT2D eigenvalue weighted by molar-refractivity contribution is 6.30. The van der Waals surface area contributed by atoms with Crippen LogP contribution in [0.15, 0.2) is 34.5 Å². The summed E-state index contributed by atoms with van der Waals surface area (Å²) < 4.78 is 6.15. The van der Waals surface area contributed by atoms with Crippen LogP contribution >= 0.6 is 11.6 Å². The van der Waals surface area contributed by atoms with Gasteiger partial charge < -0.3 is 20.5 Å². The van der Waals surface area contributed by atoms with Crippen LogP contribution in [0.3, 0.4) is 0 Å². The Labute approximate surface area is 224 Å². The molecule has 0 radical (unpaired) electrons. The molecule has 3 aliphatic heterocycles. The lowest BCUT2D eigenvalue weighted by Crippen LogP contribution is -2.59. The van der Waals surface area contributed by atoms with Gasteiger partial charge in [-0.2, -0.15) is 0 Å². The summed E-state index contributed by atoms with van der Waals surface area (Å²) in [7, 11) is 0. The third-order valence-corrected chi connectivity index (χ3v) is 6.97. The van der Waals surface area contributed by atoms with Crippen molar-refractivity contribution in [2.24, 2.45) is 21.4 Å². The molecule has 9 nitrogen and oxygen atoms in total. The molecule has 2 fully saturated rings. The average Bonchev–Trinajstić information content (AvgIpc) is 3.26. The molecule has 2 atom stereocenters. The number of aliphatic carboxylic acids is 1. The van der Waals surface area contributed by atoms with Crippen molar-refractivity contribution in [2.45, 2.75) is 78.0 Å². The SMILES string of the molecule is CC(=O)O.CC(C)(C)CC(=O)[C@H]1CN(C2CCN(C3=NN=C(N)C3)CC2)[C@@H](Cc2ccc(Cl)cc2)CO1. The molecule has 3 aliphatic rings. The van der Waals surface area contributed by atoms with Crippen molar-refractivity contribution in [1.29, 1.82) is 0 Å². The third-order valence-electron chi connectivity index (χ3n) is 6.72. The number of hydrogen-bond acceptors (Lipinski definition) is 8. The molecule has 10 heteroatoms. The van der Waals surface area contributed by atoms with Crippen molar-refractivity contribution in [3.63, 3.8) is 0 Å². The predicted molar refractivity (Wildman–Crippen MR) is 146 cm³/mol. The first-order chi connectivity index (χ1) is 17.4. The molecule has 2 saturated heterocycles. The van der Waals surface area contributed by atoms with Crippen LogP contribution in [0.4, 0.5) is 0 Å². The van der Waals surface area contributed by atoms with Crippen LogP contribution < -0.4 is 5.73 Å². The van der Waals surface area contributed by atoms with E-state index in [0.29, 0.717) is 37.9 Å². The molecule has 0 unspecified atom stereocenters. The number of piperidine rings is 1. The summed E-state index contributed by atoms with van der Waals surface area (Å²) in [5.74, 6) is 0.940. The van der Waals surface area contributed by atoms with E-state index in [-0.39, 0.29) is 23.3 Å². The van der Waals surface area contributed by atoms with E-state index in [1.807, 2.05) is 12.1 Å². The van der Waals surface area contributed by atoms with Gasteiger partial charge in [-0.05, 0) is 42.4 Å². The van der Waals surface area contributed by atoms with Crippen LogP contribution in [0, 0.1) is 5.41 Å². The molecule has 1 aromatic rings. The molecule has 0 bridgehead atoms. The fourth-order valence-electron chi connectivity index (χ4n) is 5.05. The van der Waals surface area contributed by atoms with E-state index in [2.05, 4.69) is 52.9 Å². The molecule has 3 N–H and O–H groups in total. The van der Waals surface area contributed by atoms with Crippen molar-refractivity contribution in [1.82, 2.24) is 9.80 Å². The molecule has 37 heavy (non-hydrogen) atoms. The molecule has 0 saturated carbocycles. The summed E-state index contributed by atoms with van der Waals surface area (Å²) in [6.45, 7) is 10.5. The molecular weight excluding hydrogens is 494 g/mol. The number of carboxylic acid groups (broad SMARTS) is 1. The van der Waals surface area contributed by atoms with Crippen LogP contribution in [0.25, 0.3) is 0 Å². The van der Waals surface area contributed by atoms with Crippen molar-refractivity contribution in [2.75, 3.05) is 26.2 Å². The van der Waals surface area contributed by atoms with Crippen molar-refractivity contribution < 1.29 is 19.4 Å². The number of likely N-dealkylation sites (tertiary alicyclic amines) is 1. The number of carbonyl (C=O) groups excluding carboxylic acids is 1. The maximum atomic E-state index is 13.0. The molecule has 204 valence electrons. The lowest BCUT2D eigenvalue weighted by Gasteiger charge is -2.47. The van der Waals surface area contributed by atoms with Gasteiger partial charge in [0.2, 0.25) is 0 Å². The number of carbonyl (C=O) groups is 2. The normalized spacial score (nSPS) is 23.1. The first kappa shape index (κ1) is 29.1. The number of rotatable bonds is 5. The molecule has 3 heterocycles. The van der Waals surface area contributed by atoms with E-state index in [1.54, 1.807) is 0 Å². The first-order valence-electron chi connectivity index (χ1n) is 12.9. The number of benzene rings is 1. The highest BCUT2D eigenvalue weighted by Crippen LogP contribution is 2.28. The summed E-state index contributed by atoms with van der Waals surface area (Å²) in [6, 6.07) is 8.70. The molecule has 0 aliphatic carbocycles. The maximum absolute atomic E-state index is 13.0. The van der Waals surface area contributed by atoms with E-state index in [0.717, 1.165) is 50.1 Å². The van der Waals surface area contributed by atoms with Gasteiger partial charge >= 0.3 is 0 Å². The molecule has 1 aromatic carbocycles. The summed E-state index contributed by atoms with van der Waals surface area (Å²) in [5.41, 5.74) is 7.01. The van der Waals surface area contributed by atoms with E-state index in [1.165, 1.54) is 5.56 Å². The van der Waals surface area contributed by atoms with Gasteiger partial charge in [-0.3, -0.25) is 14.5 Å². The van der Waals surface area contributed by atoms with Gasteiger partial charge in [0.25, 0.3) is 5.97 Å². The smallest absolute Gasteiger partial charge is 0.300 e. The quantitative estimate of drug-likeness (QED) is 0.593. The lowest BCUT2D eigenvalue weighted by molar-refractivity contribution is -0.145. The number of hydrogen-bond donors (Lipinski definition) is 2. The number of amidine groups is 2. The highest BCUT2D eigenvalue weighted by atomic mass is 35.5. The number of Topliss-reactive ketones (excluding diaryl/α,β-unsaturated/α-hetero) is 1. The van der Waals surface area contributed by atoms with Crippen LogP contribution in [-0.2, 0) is 20.7 Å². The number of carboxylic acids is 1. The highest BCUT2D eigenvalue weighted by Gasteiger charge is 2.38. The van der Waals surface area contributed by atoms with E-state index in [4.69, 9.17) is 32.0 Å². The van der Waals surface area contributed by atoms with Gasteiger partial charge in [-0.25, -0.2) is 0 Å². The standard InChI is InChI=1S/C25H36ClN5O2.C2H4O2/c1-25(2,3)14-21(32)22-15-31(20(16-33-22)12-17-4-6-18(26)7-5-17)19-8-10-30(11-9-19)24-13-23(27)28-29-24;1-2(3)4/h4-7,19-20,22H,8-16H2,1-3H3,(H2,27,28);1H3,(H,3,4)/t20-,22+;/m0./s1. The fourth-order valence-corrected chi connectivity index (χ4v) is 5.17. The minimum atomic E-state index is -0.833. The summed E-state index contributed by atoms with van der Waals surface area (Å²) in [5, 5.41) is 16.4. The molecule has 0 amide bonds. The largest absolute Gasteiger partial charge is 0.481 e. The van der Waals surface area contributed by atoms with Crippen molar-refractivity contribution in [3.05, 3.63) is 34.9 Å². The minimum absolute atomic E-state index is 0.0390. The first-order valence-corrected chi connectivity index (χ1v) is 13.3. The van der Waals surface area contributed by atoms with Crippen LogP contribution in [0.2, 0.25) is 5.02 Å². The zero-order valence-electron chi connectivity index (χ0n) is 22.3. The Balaban J connectivity index is 0.000000886. The summed E-state index contributed by atoms with van der Waals surface area (Å²) in [4.78, 5) is 26.8. The number of morpholine rings is 1. The average molecular weight is 534 g/mol. The van der Waals surface area contributed by atoms with Gasteiger partial charge in [0, 0.05) is 50.1 Å². The Morgan fingerprint density at radius 2 is 1.78 bits per heavy atom. The number of nitrogens with two attached hydrogens (primary N) is 1. The van der Waals surface area contributed by atoms with Gasteiger partial charge in [-0.15, -0.1) is 10.2 Å². The number of ether oxygens (including phenoxy) is 1. The summed E-state index contributed by atoms with van der Waals surface area (Å²) in [6.07, 6.45) is 3.76. The number of nitrogens with zero attached hydrogens (tertiary/aromatic N) is 4. The monoisotopic (exact) mass is 533 g/mol. The molecular formula is C27H40ClN5O4. The number of halogens is 1. The number of ketones is 1. The summed E-state index contributed by atoms with van der Waals surface area (Å²) >= 11 is 6.09. The lowest BCUT2D eigenvalue weighted by atomic mass is 9.87. The predicted octanol–water partition coefficient (Wildman–Crippen LogP) is 3.59. The van der Waals surface area contributed by atoms with E-state index in [9.17, 15) is 4.79 Å².